The van der Waals surface area contributed by atoms with Crippen molar-refractivity contribution in [3.05, 3.63) is 12.2 Å². The summed E-state index contributed by atoms with van der Waals surface area (Å²) in [6.07, 6.45) is 4.32. The van der Waals surface area contributed by atoms with Crippen LogP contribution in [-0.2, 0) is 4.79 Å². The summed E-state index contributed by atoms with van der Waals surface area (Å²) in [6, 6.07) is 0.134. The first-order valence-corrected chi connectivity index (χ1v) is 4.16. The fraction of sp³-hybridized carbons (Fsp3) is 0.667. The highest BCUT2D eigenvalue weighted by molar-refractivity contribution is 5.68. The van der Waals surface area contributed by atoms with Gasteiger partial charge in [0.2, 0.25) is 0 Å². The maximum absolute atomic E-state index is 10.1. The van der Waals surface area contributed by atoms with Gasteiger partial charge in [0.1, 0.15) is 0 Å². The minimum Gasteiger partial charge on any atom is -0.481 e. The molecule has 70 valence electrons. The predicted octanol–water partition coefficient (Wildman–Crippen LogP) is 1.39. The van der Waals surface area contributed by atoms with Crippen molar-refractivity contribution in [2.75, 3.05) is 0 Å². The van der Waals surface area contributed by atoms with Crippen LogP contribution >= 0.6 is 0 Å². The van der Waals surface area contributed by atoms with Gasteiger partial charge in [0.05, 0.1) is 6.42 Å². The van der Waals surface area contributed by atoms with Crippen LogP contribution in [0, 0.1) is 5.92 Å². The summed E-state index contributed by atoms with van der Waals surface area (Å²) in [6.45, 7) is 4.10. The number of hydrogen-bond acceptors (Lipinski definition) is 2. The topological polar surface area (TPSA) is 63.3 Å². The predicted molar refractivity (Wildman–Crippen MR) is 48.8 cm³/mol. The van der Waals surface area contributed by atoms with E-state index in [0.29, 0.717) is 5.92 Å². The van der Waals surface area contributed by atoms with Crippen molar-refractivity contribution in [3.8, 4) is 0 Å². The molecule has 0 bridgehead atoms. The molecule has 3 N–H and O–H groups in total. The highest BCUT2D eigenvalue weighted by Crippen LogP contribution is 2.03. The smallest absolute Gasteiger partial charge is 0.307 e. The van der Waals surface area contributed by atoms with Gasteiger partial charge in [-0.25, -0.2) is 0 Å². The third kappa shape index (κ3) is 5.92. The number of carboxylic acids is 1. The van der Waals surface area contributed by atoms with Crippen LogP contribution in [0.2, 0.25) is 0 Å². The Morgan fingerprint density at radius 2 is 2.08 bits per heavy atom. The van der Waals surface area contributed by atoms with E-state index in [4.69, 9.17) is 10.8 Å². The van der Waals surface area contributed by atoms with Gasteiger partial charge in [-0.05, 0) is 12.3 Å². The Morgan fingerprint density at radius 1 is 1.50 bits per heavy atom. The average Bonchev–Trinajstić information content (AvgIpc) is 1.97. The Hall–Kier alpha value is -0.830. The van der Waals surface area contributed by atoms with Gasteiger partial charge >= 0.3 is 5.97 Å². The maximum atomic E-state index is 10.1. The molecule has 0 aliphatic rings. The SMILES string of the molecule is CC(C)C(N)C/C=C/CC(=O)O. The summed E-state index contributed by atoms with van der Waals surface area (Å²) in [5, 5.41) is 8.31. The molecule has 0 saturated carbocycles. The molecule has 0 fully saturated rings. The summed E-state index contributed by atoms with van der Waals surface area (Å²) < 4.78 is 0. The normalized spacial score (nSPS) is 14.0. The van der Waals surface area contributed by atoms with E-state index >= 15 is 0 Å². The molecule has 0 aromatic rings. The van der Waals surface area contributed by atoms with Gasteiger partial charge in [0.15, 0.2) is 0 Å². The highest BCUT2D eigenvalue weighted by Gasteiger charge is 2.03. The Balaban J connectivity index is 3.53. The zero-order chi connectivity index (χ0) is 9.56. The van der Waals surface area contributed by atoms with Crippen LogP contribution in [0.4, 0.5) is 0 Å². The standard InChI is InChI=1S/C9H17NO2/c1-7(2)8(10)5-3-4-6-9(11)12/h3-4,7-8H,5-6,10H2,1-2H3,(H,11,12)/b4-3+. The first kappa shape index (κ1) is 11.2. The largest absolute Gasteiger partial charge is 0.481 e. The van der Waals surface area contributed by atoms with Crippen molar-refractivity contribution in [2.45, 2.75) is 32.7 Å². The first-order chi connectivity index (χ1) is 5.54. The minimum atomic E-state index is -0.802. The van der Waals surface area contributed by atoms with Crippen LogP contribution in [0.3, 0.4) is 0 Å². The lowest BCUT2D eigenvalue weighted by Crippen LogP contribution is -2.25. The highest BCUT2D eigenvalue weighted by atomic mass is 16.4. The van der Waals surface area contributed by atoms with Crippen LogP contribution in [0.25, 0.3) is 0 Å². The molecule has 0 aromatic carbocycles. The van der Waals surface area contributed by atoms with Crippen molar-refractivity contribution >= 4 is 5.97 Å². The number of carboxylic acid groups (broad SMARTS) is 1. The van der Waals surface area contributed by atoms with Crippen molar-refractivity contribution in [3.63, 3.8) is 0 Å². The summed E-state index contributed by atoms with van der Waals surface area (Å²) in [7, 11) is 0. The molecule has 1 unspecified atom stereocenters. The van der Waals surface area contributed by atoms with Gasteiger partial charge in [-0.2, -0.15) is 0 Å². The quantitative estimate of drug-likeness (QED) is 0.614. The number of nitrogens with two attached hydrogens (primary N) is 1. The van der Waals surface area contributed by atoms with E-state index in [1.807, 2.05) is 6.08 Å². The second kappa shape index (κ2) is 5.77. The Bertz CT molecular complexity index is 164. The van der Waals surface area contributed by atoms with Gasteiger partial charge in [0, 0.05) is 6.04 Å². The van der Waals surface area contributed by atoms with Crippen LogP contribution in [0.1, 0.15) is 26.7 Å². The van der Waals surface area contributed by atoms with Gasteiger partial charge in [-0.1, -0.05) is 26.0 Å². The summed E-state index contributed by atoms with van der Waals surface area (Å²) in [4.78, 5) is 10.1. The lowest BCUT2D eigenvalue weighted by molar-refractivity contribution is -0.136. The van der Waals surface area contributed by atoms with Gasteiger partial charge in [-0.15, -0.1) is 0 Å². The number of carbonyl (C=O) groups is 1. The van der Waals surface area contributed by atoms with E-state index in [1.54, 1.807) is 6.08 Å². The summed E-state index contributed by atoms with van der Waals surface area (Å²) in [5.74, 6) is -0.358. The monoisotopic (exact) mass is 171 g/mol. The van der Waals surface area contributed by atoms with Crippen LogP contribution < -0.4 is 5.73 Å². The maximum Gasteiger partial charge on any atom is 0.307 e. The molecule has 0 heterocycles. The van der Waals surface area contributed by atoms with E-state index in [2.05, 4.69) is 13.8 Å². The van der Waals surface area contributed by atoms with Crippen LogP contribution in [0.15, 0.2) is 12.2 Å². The zero-order valence-electron chi connectivity index (χ0n) is 7.66. The summed E-state index contributed by atoms with van der Waals surface area (Å²) in [5.41, 5.74) is 5.73. The molecular formula is C9H17NO2. The molecule has 0 radical (unpaired) electrons. The van der Waals surface area contributed by atoms with Crippen molar-refractivity contribution < 1.29 is 9.90 Å². The zero-order valence-corrected chi connectivity index (χ0v) is 7.66. The minimum absolute atomic E-state index is 0.0881. The Kier molecular flexibility index (Phi) is 5.37. The average molecular weight is 171 g/mol. The fourth-order valence-electron chi connectivity index (χ4n) is 0.710. The van der Waals surface area contributed by atoms with E-state index in [0.717, 1.165) is 6.42 Å². The van der Waals surface area contributed by atoms with E-state index < -0.39 is 5.97 Å². The molecule has 0 saturated heterocycles. The van der Waals surface area contributed by atoms with E-state index in [1.165, 1.54) is 0 Å². The molecule has 0 spiro atoms. The first-order valence-electron chi connectivity index (χ1n) is 4.16. The lowest BCUT2D eigenvalue weighted by atomic mass is 10.0. The van der Waals surface area contributed by atoms with Gasteiger partial charge in [-0.3, -0.25) is 4.79 Å². The van der Waals surface area contributed by atoms with Crippen LogP contribution in [-0.4, -0.2) is 17.1 Å². The molecule has 1 atom stereocenters. The third-order valence-electron chi connectivity index (χ3n) is 1.72. The van der Waals surface area contributed by atoms with Gasteiger partial charge in [0.25, 0.3) is 0 Å². The lowest BCUT2D eigenvalue weighted by Gasteiger charge is -2.12. The summed E-state index contributed by atoms with van der Waals surface area (Å²) >= 11 is 0. The molecular weight excluding hydrogens is 154 g/mol. The molecule has 0 aliphatic heterocycles. The van der Waals surface area contributed by atoms with Gasteiger partial charge < -0.3 is 10.8 Å². The number of aliphatic carboxylic acids is 1. The van der Waals surface area contributed by atoms with Crippen molar-refractivity contribution in [2.24, 2.45) is 11.7 Å². The third-order valence-corrected chi connectivity index (χ3v) is 1.72. The Labute approximate surface area is 73.3 Å². The van der Waals surface area contributed by atoms with E-state index in [-0.39, 0.29) is 12.5 Å². The molecule has 3 nitrogen and oxygen atoms in total. The molecule has 0 rings (SSSR count). The Morgan fingerprint density at radius 3 is 2.50 bits per heavy atom. The van der Waals surface area contributed by atoms with Crippen molar-refractivity contribution in [1.82, 2.24) is 0 Å². The van der Waals surface area contributed by atoms with Crippen molar-refractivity contribution in [1.29, 1.82) is 0 Å². The number of rotatable bonds is 5. The van der Waals surface area contributed by atoms with Crippen LogP contribution in [0.5, 0.6) is 0 Å². The number of hydrogen-bond donors (Lipinski definition) is 2. The second-order valence-electron chi connectivity index (χ2n) is 3.21. The molecule has 0 amide bonds. The molecule has 0 aromatic heterocycles. The molecule has 0 aliphatic carbocycles. The fourth-order valence-corrected chi connectivity index (χ4v) is 0.710. The molecule has 12 heavy (non-hydrogen) atoms. The second-order valence-corrected chi connectivity index (χ2v) is 3.21. The molecule has 3 heteroatoms. The van der Waals surface area contributed by atoms with E-state index in [9.17, 15) is 4.79 Å².